The summed E-state index contributed by atoms with van der Waals surface area (Å²) in [5, 5.41) is 20.4. The summed E-state index contributed by atoms with van der Waals surface area (Å²) in [5.41, 5.74) is 0.691. The van der Waals surface area contributed by atoms with Crippen LogP contribution in [0, 0.1) is 27.4 Å². The van der Waals surface area contributed by atoms with Gasteiger partial charge in [0.25, 0.3) is 5.56 Å². The molecule has 3 aromatic rings. The van der Waals surface area contributed by atoms with Crippen LogP contribution in [0.2, 0.25) is 0 Å². The monoisotopic (exact) mass is 310 g/mol. The van der Waals surface area contributed by atoms with Crippen LogP contribution in [-0.2, 0) is 0 Å². The van der Waals surface area contributed by atoms with Gasteiger partial charge in [-0.25, -0.2) is 0 Å². The molecule has 5 nitrogen and oxygen atoms in total. The maximum Gasteiger partial charge on any atom is 0.267 e. The van der Waals surface area contributed by atoms with Crippen molar-refractivity contribution in [2.24, 2.45) is 0 Å². The van der Waals surface area contributed by atoms with Crippen LogP contribution >= 0.6 is 23.6 Å². The molecule has 0 aliphatic heterocycles. The molecule has 7 heteroatoms. The van der Waals surface area contributed by atoms with Gasteiger partial charge in [0.1, 0.15) is 17.0 Å². The third-order valence-corrected chi connectivity index (χ3v) is 4.14. The number of nitrogens with one attached hydrogen (secondary N) is 1. The molecule has 1 N–H and O–H groups in total. The molecule has 21 heavy (non-hydrogen) atoms. The van der Waals surface area contributed by atoms with Crippen LogP contribution in [0.1, 0.15) is 11.1 Å². The van der Waals surface area contributed by atoms with Gasteiger partial charge in [0.15, 0.2) is 4.77 Å². The van der Waals surface area contributed by atoms with Crippen molar-refractivity contribution in [3.05, 3.63) is 55.9 Å². The second kappa shape index (κ2) is 4.98. The molecule has 0 saturated carbocycles. The molecule has 0 aliphatic carbocycles. The maximum atomic E-state index is 12.5. The van der Waals surface area contributed by atoms with E-state index in [0.717, 1.165) is 4.83 Å². The average Bonchev–Trinajstić information content (AvgIpc) is 2.95. The van der Waals surface area contributed by atoms with Crippen molar-refractivity contribution in [3.63, 3.8) is 0 Å². The molecule has 1 aromatic carbocycles. The Morgan fingerprint density at radius 3 is 2.67 bits per heavy atom. The van der Waals surface area contributed by atoms with Crippen LogP contribution in [0.5, 0.6) is 0 Å². The van der Waals surface area contributed by atoms with E-state index in [4.69, 9.17) is 22.7 Å². The van der Waals surface area contributed by atoms with Gasteiger partial charge in [-0.2, -0.15) is 10.5 Å². The van der Waals surface area contributed by atoms with E-state index < -0.39 is 0 Å². The van der Waals surface area contributed by atoms with Crippen LogP contribution in [0.15, 0.2) is 34.4 Å². The molecule has 0 atom stereocenters. The summed E-state index contributed by atoms with van der Waals surface area (Å²) in [4.78, 5) is 16.2. The highest BCUT2D eigenvalue weighted by Gasteiger charge is 2.10. The van der Waals surface area contributed by atoms with Gasteiger partial charge < -0.3 is 4.98 Å². The number of aromatic nitrogens is 2. The second-order valence-electron chi connectivity index (χ2n) is 4.19. The van der Waals surface area contributed by atoms with Gasteiger partial charge in [-0.15, -0.1) is 11.3 Å². The van der Waals surface area contributed by atoms with Crippen molar-refractivity contribution in [3.8, 4) is 17.8 Å². The number of nitrogens with zero attached hydrogens (tertiary/aromatic N) is 3. The van der Waals surface area contributed by atoms with Crippen LogP contribution < -0.4 is 5.56 Å². The lowest BCUT2D eigenvalue weighted by Gasteiger charge is -2.07. The third kappa shape index (κ3) is 2.05. The van der Waals surface area contributed by atoms with E-state index in [1.165, 1.54) is 28.0 Å². The zero-order valence-electron chi connectivity index (χ0n) is 10.5. The van der Waals surface area contributed by atoms with Crippen molar-refractivity contribution in [1.82, 2.24) is 9.55 Å². The minimum absolute atomic E-state index is 0.210. The lowest BCUT2D eigenvalue weighted by atomic mass is 10.1. The minimum atomic E-state index is -0.247. The molecule has 0 spiro atoms. The Kier molecular flexibility index (Phi) is 3.15. The quantitative estimate of drug-likeness (QED) is 0.700. The molecule has 0 unspecified atom stereocenters. The molecule has 0 bridgehead atoms. The van der Waals surface area contributed by atoms with Crippen LogP contribution in [0.4, 0.5) is 0 Å². The molecule has 100 valence electrons. The van der Waals surface area contributed by atoms with Crippen molar-refractivity contribution in [1.29, 1.82) is 10.5 Å². The number of H-pyrrole nitrogens is 1. The first-order chi connectivity index (χ1) is 10.2. The number of rotatable bonds is 1. The average molecular weight is 310 g/mol. The number of thiophene rings is 1. The van der Waals surface area contributed by atoms with E-state index in [-0.39, 0.29) is 21.5 Å². The summed E-state index contributed by atoms with van der Waals surface area (Å²) in [6, 6.07) is 10.2. The highest BCUT2D eigenvalue weighted by atomic mass is 32.1. The molecule has 0 aliphatic rings. The van der Waals surface area contributed by atoms with E-state index >= 15 is 0 Å². The van der Waals surface area contributed by atoms with Crippen molar-refractivity contribution in [2.45, 2.75) is 0 Å². The molecule has 0 amide bonds. The Labute approximate surface area is 127 Å². The predicted octanol–water partition coefficient (Wildman–Crippen LogP) is 2.85. The number of fused-ring (bicyclic) bond motifs is 1. The number of nitriles is 2. The van der Waals surface area contributed by atoms with E-state index in [9.17, 15) is 4.79 Å². The number of aromatic amines is 1. The molecule has 0 fully saturated rings. The molecule has 3 rings (SSSR count). The van der Waals surface area contributed by atoms with Gasteiger partial charge in [0.05, 0.1) is 22.2 Å². The fraction of sp³-hybridized carbons (Fsp3) is 0. The van der Waals surface area contributed by atoms with Gasteiger partial charge in [0.2, 0.25) is 0 Å². The molecular formula is C14H6N4OS2. The fourth-order valence-corrected chi connectivity index (χ4v) is 3.17. The number of hydrogen-bond acceptors (Lipinski definition) is 5. The Morgan fingerprint density at radius 1 is 1.19 bits per heavy atom. The first kappa shape index (κ1) is 13.3. The summed E-state index contributed by atoms with van der Waals surface area (Å²) in [7, 11) is 0. The lowest BCUT2D eigenvalue weighted by molar-refractivity contribution is 0.942. The second-order valence-corrected chi connectivity index (χ2v) is 5.49. The van der Waals surface area contributed by atoms with Gasteiger partial charge in [0, 0.05) is 0 Å². The number of hydrogen-bond donors (Lipinski definition) is 1. The zero-order valence-corrected chi connectivity index (χ0v) is 12.1. The highest BCUT2D eigenvalue weighted by Crippen LogP contribution is 2.17. The molecular weight excluding hydrogens is 304 g/mol. The van der Waals surface area contributed by atoms with Crippen LogP contribution in [-0.4, -0.2) is 9.55 Å². The smallest absolute Gasteiger partial charge is 0.267 e. The summed E-state index contributed by atoms with van der Waals surface area (Å²) in [5.74, 6) is 0. The lowest BCUT2D eigenvalue weighted by Crippen LogP contribution is -2.19. The van der Waals surface area contributed by atoms with Crippen LogP contribution in [0.3, 0.4) is 0 Å². The molecule has 0 saturated heterocycles. The number of benzene rings is 1. The van der Waals surface area contributed by atoms with Crippen molar-refractivity contribution in [2.75, 3.05) is 0 Å². The van der Waals surface area contributed by atoms with Gasteiger partial charge in [-0.3, -0.25) is 9.36 Å². The first-order valence-corrected chi connectivity index (χ1v) is 7.11. The SMILES string of the molecule is N#Cc1ccc(-n2c(=S)[nH]c3sccc3c2=O)cc1C#N. The van der Waals surface area contributed by atoms with E-state index in [1.807, 2.05) is 12.1 Å². The Balaban J connectivity index is 2.36. The summed E-state index contributed by atoms with van der Waals surface area (Å²) in [6.07, 6.45) is 0. The molecule has 0 radical (unpaired) electrons. The summed E-state index contributed by atoms with van der Waals surface area (Å²) in [6.45, 7) is 0. The third-order valence-electron chi connectivity index (χ3n) is 3.02. The van der Waals surface area contributed by atoms with Gasteiger partial charge in [-0.05, 0) is 41.9 Å². The van der Waals surface area contributed by atoms with Crippen molar-refractivity contribution >= 4 is 33.8 Å². The van der Waals surface area contributed by atoms with E-state index in [0.29, 0.717) is 11.1 Å². The predicted molar refractivity (Wildman–Crippen MR) is 82.0 cm³/mol. The highest BCUT2D eigenvalue weighted by molar-refractivity contribution is 7.71. The topological polar surface area (TPSA) is 85.4 Å². The molecule has 2 heterocycles. The van der Waals surface area contributed by atoms with E-state index in [2.05, 4.69) is 4.98 Å². The van der Waals surface area contributed by atoms with Crippen molar-refractivity contribution < 1.29 is 0 Å². The zero-order chi connectivity index (χ0) is 15.0. The summed E-state index contributed by atoms with van der Waals surface area (Å²) < 4.78 is 1.58. The first-order valence-electron chi connectivity index (χ1n) is 5.83. The normalized spacial score (nSPS) is 10.2. The standard InChI is InChI=1S/C14H6N4OS2/c15-6-8-1-2-10(5-9(8)7-16)18-13(19)11-3-4-21-12(11)17-14(18)20/h1-5H,(H,17,20). The van der Waals surface area contributed by atoms with Gasteiger partial charge in [-0.1, -0.05) is 0 Å². The van der Waals surface area contributed by atoms with E-state index in [1.54, 1.807) is 17.5 Å². The minimum Gasteiger partial charge on any atom is -0.323 e. The molecule has 2 aromatic heterocycles. The summed E-state index contributed by atoms with van der Waals surface area (Å²) >= 11 is 6.62. The largest absolute Gasteiger partial charge is 0.323 e. The Hall–Kier alpha value is -2.74. The van der Waals surface area contributed by atoms with Gasteiger partial charge >= 0.3 is 0 Å². The van der Waals surface area contributed by atoms with Crippen LogP contribution in [0.25, 0.3) is 15.9 Å². The maximum absolute atomic E-state index is 12.5. The Morgan fingerprint density at radius 2 is 1.95 bits per heavy atom. The Bertz CT molecular complexity index is 1060. The fourth-order valence-electron chi connectivity index (χ4n) is 2.04.